The minimum absolute atomic E-state index is 0.388. The van der Waals surface area contributed by atoms with Crippen LogP contribution in [0, 0.1) is 5.92 Å². The van der Waals surface area contributed by atoms with Crippen LogP contribution in [-0.2, 0) is 4.74 Å². The molecule has 0 aliphatic carbocycles. The van der Waals surface area contributed by atoms with Gasteiger partial charge in [0, 0.05) is 43.9 Å². The molecule has 0 amide bonds. The molecule has 4 heteroatoms. The molecule has 20 heavy (non-hydrogen) atoms. The van der Waals surface area contributed by atoms with Crippen LogP contribution in [0.2, 0.25) is 5.02 Å². The highest BCUT2D eigenvalue weighted by Gasteiger charge is 2.28. The largest absolute Gasteiger partial charge is 0.381 e. The molecular formula is C16H23ClN2O. The van der Waals surface area contributed by atoms with Crippen LogP contribution in [0.15, 0.2) is 24.3 Å². The number of ether oxygens (including phenoxy) is 1. The summed E-state index contributed by atoms with van der Waals surface area (Å²) in [7, 11) is 0. The first-order valence-electron chi connectivity index (χ1n) is 7.61. The number of halogens is 1. The van der Waals surface area contributed by atoms with Crippen LogP contribution in [0.25, 0.3) is 0 Å². The summed E-state index contributed by atoms with van der Waals surface area (Å²) in [6.07, 6.45) is 2.49. The van der Waals surface area contributed by atoms with Crippen LogP contribution >= 0.6 is 11.6 Å². The van der Waals surface area contributed by atoms with E-state index in [1.54, 1.807) is 0 Å². The van der Waals surface area contributed by atoms with Crippen molar-refractivity contribution in [2.75, 3.05) is 39.4 Å². The lowest BCUT2D eigenvalue weighted by Gasteiger charge is -2.39. The fourth-order valence-electron chi connectivity index (χ4n) is 3.30. The van der Waals surface area contributed by atoms with Gasteiger partial charge in [-0.3, -0.25) is 4.90 Å². The molecule has 0 aromatic heterocycles. The van der Waals surface area contributed by atoms with E-state index in [4.69, 9.17) is 16.3 Å². The predicted octanol–water partition coefficient (Wildman–Crippen LogP) is 2.71. The second kappa shape index (κ2) is 6.90. The highest BCUT2D eigenvalue weighted by Crippen LogP contribution is 2.29. The van der Waals surface area contributed by atoms with Crippen molar-refractivity contribution in [3.8, 4) is 0 Å². The maximum absolute atomic E-state index is 6.39. The standard InChI is InChI=1S/C16H23ClN2O/c17-15-6-2-1-5-14(15)16-10-18-7-8-19(16)11-13-4-3-9-20-12-13/h1-2,5-6,13,16,18H,3-4,7-12H2. The van der Waals surface area contributed by atoms with Gasteiger partial charge in [-0.15, -0.1) is 0 Å². The van der Waals surface area contributed by atoms with Gasteiger partial charge in [0.15, 0.2) is 0 Å². The Kier molecular flexibility index (Phi) is 4.94. The number of nitrogens with one attached hydrogen (secondary N) is 1. The molecule has 2 aliphatic rings. The molecule has 1 N–H and O–H groups in total. The molecular weight excluding hydrogens is 272 g/mol. The summed E-state index contributed by atoms with van der Waals surface area (Å²) in [5.74, 6) is 0.673. The Morgan fingerprint density at radius 1 is 1.35 bits per heavy atom. The molecule has 1 aromatic rings. The van der Waals surface area contributed by atoms with Crippen molar-refractivity contribution in [1.82, 2.24) is 10.2 Å². The predicted molar refractivity (Wildman–Crippen MR) is 82.2 cm³/mol. The van der Waals surface area contributed by atoms with E-state index in [-0.39, 0.29) is 0 Å². The van der Waals surface area contributed by atoms with Crippen molar-refractivity contribution in [2.45, 2.75) is 18.9 Å². The van der Waals surface area contributed by atoms with Crippen molar-refractivity contribution < 1.29 is 4.74 Å². The SMILES string of the molecule is Clc1ccccc1C1CNCCN1CC1CCCOC1. The molecule has 2 saturated heterocycles. The summed E-state index contributed by atoms with van der Waals surface area (Å²) in [6.45, 7) is 6.11. The molecule has 0 spiro atoms. The Morgan fingerprint density at radius 3 is 3.05 bits per heavy atom. The minimum Gasteiger partial charge on any atom is -0.381 e. The third kappa shape index (κ3) is 3.34. The molecule has 3 nitrogen and oxygen atoms in total. The van der Waals surface area contributed by atoms with E-state index in [1.807, 2.05) is 12.1 Å². The zero-order chi connectivity index (χ0) is 13.8. The van der Waals surface area contributed by atoms with Crippen LogP contribution in [0.3, 0.4) is 0 Å². The zero-order valence-corrected chi connectivity index (χ0v) is 12.6. The van der Waals surface area contributed by atoms with E-state index < -0.39 is 0 Å². The van der Waals surface area contributed by atoms with Crippen molar-refractivity contribution in [1.29, 1.82) is 0 Å². The summed E-state index contributed by atoms with van der Waals surface area (Å²) in [6, 6.07) is 8.62. The molecule has 2 aliphatic heterocycles. The summed E-state index contributed by atoms with van der Waals surface area (Å²) in [5, 5.41) is 4.38. The van der Waals surface area contributed by atoms with E-state index in [1.165, 1.54) is 18.4 Å². The van der Waals surface area contributed by atoms with Gasteiger partial charge in [0.2, 0.25) is 0 Å². The van der Waals surface area contributed by atoms with E-state index in [9.17, 15) is 0 Å². The van der Waals surface area contributed by atoms with Crippen LogP contribution in [0.5, 0.6) is 0 Å². The van der Waals surface area contributed by atoms with E-state index in [2.05, 4.69) is 22.3 Å². The zero-order valence-electron chi connectivity index (χ0n) is 11.9. The fourth-order valence-corrected chi connectivity index (χ4v) is 3.56. The first-order chi connectivity index (χ1) is 9.84. The Hall–Kier alpha value is -0.610. The lowest BCUT2D eigenvalue weighted by molar-refractivity contribution is 0.0265. The first kappa shape index (κ1) is 14.3. The highest BCUT2D eigenvalue weighted by atomic mass is 35.5. The Bertz CT molecular complexity index is 434. The molecule has 2 fully saturated rings. The molecule has 0 bridgehead atoms. The maximum Gasteiger partial charge on any atom is 0.0506 e. The highest BCUT2D eigenvalue weighted by molar-refractivity contribution is 6.31. The monoisotopic (exact) mass is 294 g/mol. The fraction of sp³-hybridized carbons (Fsp3) is 0.625. The molecule has 1 aromatic carbocycles. The normalized spacial score (nSPS) is 28.4. The lowest BCUT2D eigenvalue weighted by Crippen LogP contribution is -2.48. The van der Waals surface area contributed by atoms with Gasteiger partial charge in [-0.2, -0.15) is 0 Å². The molecule has 3 rings (SSSR count). The Balaban J connectivity index is 1.72. The van der Waals surface area contributed by atoms with Crippen molar-refractivity contribution in [3.63, 3.8) is 0 Å². The summed E-state index contributed by atoms with van der Waals surface area (Å²) in [5.41, 5.74) is 1.25. The third-order valence-electron chi connectivity index (χ3n) is 4.37. The van der Waals surface area contributed by atoms with Crippen molar-refractivity contribution in [2.24, 2.45) is 5.92 Å². The smallest absolute Gasteiger partial charge is 0.0506 e. The Labute approximate surface area is 126 Å². The van der Waals surface area contributed by atoms with E-state index >= 15 is 0 Å². The molecule has 2 heterocycles. The average molecular weight is 295 g/mol. The summed E-state index contributed by atoms with van der Waals surface area (Å²) >= 11 is 6.39. The Morgan fingerprint density at radius 2 is 2.25 bits per heavy atom. The first-order valence-corrected chi connectivity index (χ1v) is 7.99. The van der Waals surface area contributed by atoms with E-state index in [0.29, 0.717) is 12.0 Å². The average Bonchev–Trinajstić information content (AvgIpc) is 2.50. The van der Waals surface area contributed by atoms with Crippen LogP contribution in [0.1, 0.15) is 24.4 Å². The van der Waals surface area contributed by atoms with Crippen molar-refractivity contribution in [3.05, 3.63) is 34.9 Å². The molecule has 0 saturated carbocycles. The van der Waals surface area contributed by atoms with E-state index in [0.717, 1.165) is 44.4 Å². The second-order valence-electron chi connectivity index (χ2n) is 5.82. The van der Waals surface area contributed by atoms with Crippen LogP contribution in [-0.4, -0.2) is 44.3 Å². The molecule has 110 valence electrons. The van der Waals surface area contributed by atoms with Gasteiger partial charge in [-0.1, -0.05) is 29.8 Å². The van der Waals surface area contributed by atoms with Gasteiger partial charge in [-0.25, -0.2) is 0 Å². The van der Waals surface area contributed by atoms with Crippen LogP contribution in [0.4, 0.5) is 0 Å². The number of hydrogen-bond donors (Lipinski definition) is 1. The molecule has 0 radical (unpaired) electrons. The number of hydrogen-bond acceptors (Lipinski definition) is 3. The number of piperazine rings is 1. The summed E-state index contributed by atoms with van der Waals surface area (Å²) < 4.78 is 5.62. The van der Waals surface area contributed by atoms with Gasteiger partial charge in [-0.05, 0) is 30.4 Å². The van der Waals surface area contributed by atoms with Gasteiger partial charge in [0.25, 0.3) is 0 Å². The van der Waals surface area contributed by atoms with Gasteiger partial charge >= 0.3 is 0 Å². The molecule has 2 unspecified atom stereocenters. The quantitative estimate of drug-likeness (QED) is 0.928. The topological polar surface area (TPSA) is 24.5 Å². The molecule has 2 atom stereocenters. The third-order valence-corrected chi connectivity index (χ3v) is 4.71. The van der Waals surface area contributed by atoms with Gasteiger partial charge in [0.05, 0.1) is 6.61 Å². The van der Waals surface area contributed by atoms with Gasteiger partial charge < -0.3 is 10.1 Å². The number of nitrogens with zero attached hydrogens (tertiary/aromatic N) is 1. The van der Waals surface area contributed by atoms with Crippen LogP contribution < -0.4 is 5.32 Å². The number of rotatable bonds is 3. The lowest BCUT2D eigenvalue weighted by atomic mass is 9.97. The maximum atomic E-state index is 6.39. The minimum atomic E-state index is 0.388. The number of benzene rings is 1. The van der Waals surface area contributed by atoms with Gasteiger partial charge in [0.1, 0.15) is 0 Å². The van der Waals surface area contributed by atoms with Crippen molar-refractivity contribution >= 4 is 11.6 Å². The second-order valence-corrected chi connectivity index (χ2v) is 6.23. The summed E-state index contributed by atoms with van der Waals surface area (Å²) in [4.78, 5) is 2.58.